The first-order valence-electron chi connectivity index (χ1n) is 7.61. The number of nitrogens with zero attached hydrogens (tertiary/aromatic N) is 1. The van der Waals surface area contributed by atoms with Crippen LogP contribution >= 0.6 is 11.3 Å². The first-order chi connectivity index (χ1) is 9.34. The number of fused-ring (bicyclic) bond motifs is 4. The SMILES string of the molecule is N=C1c2c(sc3c2CCCC3)NC2CCCCCN12. The lowest BCUT2D eigenvalue weighted by molar-refractivity contribution is 0.338. The molecule has 1 fully saturated rings. The molecule has 102 valence electrons. The topological polar surface area (TPSA) is 39.1 Å². The molecule has 1 unspecified atom stereocenters. The molecule has 1 aromatic heterocycles. The fraction of sp³-hybridized carbons (Fsp3) is 0.667. The maximum absolute atomic E-state index is 8.64. The van der Waals surface area contributed by atoms with Crippen LogP contribution in [0.1, 0.15) is 54.5 Å². The highest BCUT2D eigenvalue weighted by atomic mass is 32.1. The molecule has 1 aliphatic carbocycles. The van der Waals surface area contributed by atoms with Gasteiger partial charge in [-0.3, -0.25) is 5.41 Å². The Labute approximate surface area is 118 Å². The van der Waals surface area contributed by atoms with Crippen LogP contribution in [0, 0.1) is 5.41 Å². The zero-order chi connectivity index (χ0) is 12.8. The van der Waals surface area contributed by atoms with E-state index in [4.69, 9.17) is 5.41 Å². The van der Waals surface area contributed by atoms with E-state index in [1.54, 1.807) is 4.88 Å². The molecule has 19 heavy (non-hydrogen) atoms. The van der Waals surface area contributed by atoms with Crippen molar-refractivity contribution in [3.63, 3.8) is 0 Å². The van der Waals surface area contributed by atoms with E-state index < -0.39 is 0 Å². The van der Waals surface area contributed by atoms with Crippen molar-refractivity contribution < 1.29 is 0 Å². The highest BCUT2D eigenvalue weighted by molar-refractivity contribution is 7.16. The van der Waals surface area contributed by atoms with Crippen LogP contribution in [-0.2, 0) is 12.8 Å². The van der Waals surface area contributed by atoms with Gasteiger partial charge in [-0.1, -0.05) is 6.42 Å². The average molecular weight is 275 g/mol. The number of amidine groups is 1. The third kappa shape index (κ3) is 1.80. The van der Waals surface area contributed by atoms with Gasteiger partial charge in [0.25, 0.3) is 0 Å². The van der Waals surface area contributed by atoms with Crippen molar-refractivity contribution in [2.75, 3.05) is 11.9 Å². The van der Waals surface area contributed by atoms with Gasteiger partial charge in [-0.05, 0) is 50.5 Å². The van der Waals surface area contributed by atoms with E-state index in [0.29, 0.717) is 6.17 Å². The molecule has 0 bridgehead atoms. The summed E-state index contributed by atoms with van der Waals surface area (Å²) in [7, 11) is 0. The van der Waals surface area contributed by atoms with Gasteiger partial charge in [-0.25, -0.2) is 0 Å². The van der Waals surface area contributed by atoms with E-state index >= 15 is 0 Å². The minimum Gasteiger partial charge on any atom is -0.356 e. The van der Waals surface area contributed by atoms with E-state index in [0.717, 1.165) is 12.4 Å². The maximum Gasteiger partial charge on any atom is 0.133 e. The number of hydrogen-bond donors (Lipinski definition) is 2. The Morgan fingerprint density at radius 3 is 2.95 bits per heavy atom. The number of thiophene rings is 1. The number of aryl methyl sites for hydroxylation is 1. The smallest absolute Gasteiger partial charge is 0.133 e. The zero-order valence-electron chi connectivity index (χ0n) is 11.3. The second kappa shape index (κ2) is 4.51. The molecule has 1 atom stereocenters. The second-order valence-electron chi connectivity index (χ2n) is 5.97. The maximum atomic E-state index is 8.64. The summed E-state index contributed by atoms with van der Waals surface area (Å²) in [6.45, 7) is 1.06. The Bertz CT molecular complexity index is 520. The molecule has 1 aromatic rings. The zero-order valence-corrected chi connectivity index (χ0v) is 12.1. The summed E-state index contributed by atoms with van der Waals surface area (Å²) in [4.78, 5) is 3.86. The van der Waals surface area contributed by atoms with Crippen molar-refractivity contribution in [1.82, 2.24) is 4.90 Å². The van der Waals surface area contributed by atoms with Crippen molar-refractivity contribution >= 4 is 22.2 Å². The van der Waals surface area contributed by atoms with Crippen LogP contribution in [0.3, 0.4) is 0 Å². The largest absolute Gasteiger partial charge is 0.356 e. The van der Waals surface area contributed by atoms with Crippen molar-refractivity contribution in [1.29, 1.82) is 5.41 Å². The summed E-state index contributed by atoms with van der Waals surface area (Å²) >= 11 is 1.93. The first-order valence-corrected chi connectivity index (χ1v) is 8.43. The van der Waals surface area contributed by atoms with Gasteiger partial charge in [-0.15, -0.1) is 11.3 Å². The van der Waals surface area contributed by atoms with Crippen LogP contribution in [0.2, 0.25) is 0 Å². The van der Waals surface area contributed by atoms with Crippen molar-refractivity contribution in [2.45, 2.75) is 57.5 Å². The molecular formula is C15H21N3S. The average Bonchev–Trinajstić information content (AvgIpc) is 2.62. The van der Waals surface area contributed by atoms with Crippen LogP contribution in [0.25, 0.3) is 0 Å². The van der Waals surface area contributed by atoms with E-state index in [-0.39, 0.29) is 0 Å². The Morgan fingerprint density at radius 2 is 2.00 bits per heavy atom. The summed E-state index contributed by atoms with van der Waals surface area (Å²) in [6.07, 6.45) is 10.4. The van der Waals surface area contributed by atoms with E-state index in [2.05, 4.69) is 10.2 Å². The minimum atomic E-state index is 0.377. The van der Waals surface area contributed by atoms with Crippen molar-refractivity contribution in [3.8, 4) is 0 Å². The monoisotopic (exact) mass is 275 g/mol. The molecule has 0 saturated carbocycles. The number of nitrogens with one attached hydrogen (secondary N) is 2. The highest BCUT2D eigenvalue weighted by Crippen LogP contribution is 2.42. The fourth-order valence-corrected chi connectivity index (χ4v) is 5.08. The summed E-state index contributed by atoms with van der Waals surface area (Å²) in [5, 5.41) is 13.7. The molecule has 3 aliphatic rings. The standard InChI is InChI=1S/C15H21N3S/c16-14-13-10-6-3-4-7-11(10)19-15(13)17-12-8-2-1-5-9-18(12)14/h12,16-17H,1-9H2. The molecule has 4 rings (SSSR count). The molecule has 0 amide bonds. The predicted molar refractivity (Wildman–Crippen MR) is 80.4 cm³/mol. The molecule has 2 aliphatic heterocycles. The van der Waals surface area contributed by atoms with Crippen LogP contribution in [0.4, 0.5) is 5.00 Å². The van der Waals surface area contributed by atoms with Gasteiger partial charge in [0, 0.05) is 11.4 Å². The van der Waals surface area contributed by atoms with Gasteiger partial charge >= 0.3 is 0 Å². The summed E-state index contributed by atoms with van der Waals surface area (Å²) in [5.41, 5.74) is 2.74. The minimum absolute atomic E-state index is 0.377. The first kappa shape index (κ1) is 11.8. The highest BCUT2D eigenvalue weighted by Gasteiger charge is 2.34. The van der Waals surface area contributed by atoms with Crippen molar-refractivity contribution in [3.05, 3.63) is 16.0 Å². The lowest BCUT2D eigenvalue weighted by Gasteiger charge is -2.37. The second-order valence-corrected chi connectivity index (χ2v) is 7.07. The van der Waals surface area contributed by atoms with Crippen molar-refractivity contribution in [2.24, 2.45) is 0 Å². The van der Waals surface area contributed by atoms with E-state index in [9.17, 15) is 0 Å². The number of rotatable bonds is 0. The number of anilines is 1. The summed E-state index contributed by atoms with van der Waals surface area (Å²) < 4.78 is 0. The van der Waals surface area contributed by atoms with Gasteiger partial charge in [-0.2, -0.15) is 0 Å². The molecule has 3 heterocycles. The van der Waals surface area contributed by atoms with Crippen LogP contribution in [-0.4, -0.2) is 23.4 Å². The molecule has 0 radical (unpaired) electrons. The normalized spacial score (nSPS) is 26.0. The van der Waals surface area contributed by atoms with Crippen LogP contribution in [0.15, 0.2) is 0 Å². The van der Waals surface area contributed by atoms with Gasteiger partial charge in [0.15, 0.2) is 0 Å². The Kier molecular flexibility index (Phi) is 2.79. The lowest BCUT2D eigenvalue weighted by Crippen LogP contribution is -2.48. The number of hydrogen-bond acceptors (Lipinski definition) is 3. The van der Waals surface area contributed by atoms with Crippen LogP contribution in [0.5, 0.6) is 0 Å². The van der Waals surface area contributed by atoms with Gasteiger partial charge in [0.2, 0.25) is 0 Å². The molecular weight excluding hydrogens is 254 g/mol. The molecule has 0 aromatic carbocycles. The fourth-order valence-electron chi connectivity index (χ4n) is 3.74. The molecule has 4 heteroatoms. The summed E-state index contributed by atoms with van der Waals surface area (Å²) in [5.74, 6) is 0.806. The molecule has 3 nitrogen and oxygen atoms in total. The molecule has 0 spiro atoms. The van der Waals surface area contributed by atoms with Gasteiger partial charge in [0.1, 0.15) is 17.0 Å². The third-order valence-electron chi connectivity index (χ3n) is 4.75. The Morgan fingerprint density at radius 1 is 1.11 bits per heavy atom. The Balaban J connectivity index is 1.77. The third-order valence-corrected chi connectivity index (χ3v) is 5.97. The molecule has 2 N–H and O–H groups in total. The quantitative estimate of drug-likeness (QED) is 0.759. The lowest BCUT2D eigenvalue weighted by atomic mass is 9.94. The molecule has 1 saturated heterocycles. The Hall–Kier alpha value is -1.03. The predicted octanol–water partition coefficient (Wildman–Crippen LogP) is 3.58. The van der Waals surface area contributed by atoms with E-state index in [1.165, 1.54) is 67.5 Å². The summed E-state index contributed by atoms with van der Waals surface area (Å²) in [6, 6.07) is 0. The van der Waals surface area contributed by atoms with E-state index in [1.807, 2.05) is 11.3 Å². The van der Waals surface area contributed by atoms with Crippen LogP contribution < -0.4 is 5.32 Å². The van der Waals surface area contributed by atoms with Gasteiger partial charge in [0.05, 0.1) is 5.56 Å². The van der Waals surface area contributed by atoms with Gasteiger partial charge < -0.3 is 10.2 Å².